The van der Waals surface area contributed by atoms with Crippen LogP contribution in [0.25, 0.3) is 10.8 Å². The van der Waals surface area contributed by atoms with E-state index in [1.165, 1.54) is 31.2 Å². The Kier molecular flexibility index (Phi) is 5.55. The highest BCUT2D eigenvalue weighted by Crippen LogP contribution is 2.23. The quantitative estimate of drug-likeness (QED) is 0.591. The van der Waals surface area contributed by atoms with Gasteiger partial charge in [-0.25, -0.2) is 9.59 Å². The van der Waals surface area contributed by atoms with E-state index in [2.05, 4.69) is 10.6 Å². The molecule has 142 valence electrons. The summed E-state index contributed by atoms with van der Waals surface area (Å²) in [6.45, 7) is 1.50. The van der Waals surface area contributed by atoms with Crippen LogP contribution in [0, 0.1) is 0 Å². The van der Waals surface area contributed by atoms with Gasteiger partial charge in [0.15, 0.2) is 6.10 Å². The minimum absolute atomic E-state index is 0.250. The lowest BCUT2D eigenvalue weighted by Crippen LogP contribution is -2.30. The fraction of sp³-hybridized carbons (Fsp3) is 0.0952. The van der Waals surface area contributed by atoms with Gasteiger partial charge in [0, 0.05) is 16.8 Å². The molecule has 0 aliphatic heterocycles. The van der Waals surface area contributed by atoms with Gasteiger partial charge in [-0.05, 0) is 42.6 Å². The molecule has 3 aromatic carbocycles. The van der Waals surface area contributed by atoms with Crippen molar-refractivity contribution in [3.05, 3.63) is 72.3 Å². The molecular weight excluding hydrogens is 358 g/mol. The zero-order valence-electron chi connectivity index (χ0n) is 15.1. The number of primary amides is 1. The van der Waals surface area contributed by atoms with E-state index in [4.69, 9.17) is 10.5 Å². The summed E-state index contributed by atoms with van der Waals surface area (Å²) >= 11 is 0. The molecule has 3 aromatic rings. The van der Waals surface area contributed by atoms with Gasteiger partial charge in [-0.3, -0.25) is 4.79 Å². The largest absolute Gasteiger partial charge is 0.449 e. The SMILES string of the molecule is CC(OC(=O)c1ccc(NC(N)=O)cc1)C(=O)Nc1cccc2ccccc12. The lowest BCUT2D eigenvalue weighted by Gasteiger charge is -2.15. The molecule has 0 saturated carbocycles. The Bertz CT molecular complexity index is 1030. The first kappa shape index (κ1) is 18.9. The van der Waals surface area contributed by atoms with Gasteiger partial charge in [-0.1, -0.05) is 36.4 Å². The van der Waals surface area contributed by atoms with Crippen LogP contribution in [0.1, 0.15) is 17.3 Å². The van der Waals surface area contributed by atoms with E-state index in [0.29, 0.717) is 11.4 Å². The first-order chi connectivity index (χ1) is 13.4. The molecule has 0 aromatic heterocycles. The summed E-state index contributed by atoms with van der Waals surface area (Å²) < 4.78 is 5.24. The number of ether oxygens (including phenoxy) is 1. The first-order valence-electron chi connectivity index (χ1n) is 8.60. The highest BCUT2D eigenvalue weighted by Gasteiger charge is 2.19. The van der Waals surface area contributed by atoms with Crippen molar-refractivity contribution in [3.63, 3.8) is 0 Å². The van der Waals surface area contributed by atoms with Gasteiger partial charge in [0.2, 0.25) is 0 Å². The van der Waals surface area contributed by atoms with Crippen LogP contribution in [0.3, 0.4) is 0 Å². The van der Waals surface area contributed by atoms with Gasteiger partial charge in [0.25, 0.3) is 5.91 Å². The highest BCUT2D eigenvalue weighted by molar-refractivity contribution is 6.04. The molecule has 4 N–H and O–H groups in total. The number of carbonyl (C=O) groups excluding carboxylic acids is 3. The lowest BCUT2D eigenvalue weighted by atomic mass is 10.1. The maximum absolute atomic E-state index is 12.4. The summed E-state index contributed by atoms with van der Waals surface area (Å²) in [5.74, 6) is -1.08. The summed E-state index contributed by atoms with van der Waals surface area (Å²) in [7, 11) is 0. The Morgan fingerprint density at radius 2 is 1.57 bits per heavy atom. The number of fused-ring (bicyclic) bond motifs is 1. The fourth-order valence-corrected chi connectivity index (χ4v) is 2.68. The number of esters is 1. The Morgan fingerprint density at radius 3 is 2.29 bits per heavy atom. The number of hydrogen-bond acceptors (Lipinski definition) is 4. The molecule has 0 saturated heterocycles. The molecule has 1 unspecified atom stereocenters. The van der Waals surface area contributed by atoms with Crippen molar-refractivity contribution >= 4 is 40.1 Å². The minimum atomic E-state index is -0.991. The van der Waals surface area contributed by atoms with Crippen LogP contribution in [-0.2, 0) is 9.53 Å². The van der Waals surface area contributed by atoms with Crippen LogP contribution >= 0.6 is 0 Å². The molecular formula is C21H19N3O4. The summed E-state index contributed by atoms with van der Waals surface area (Å²) in [5.41, 5.74) is 6.38. The Morgan fingerprint density at radius 1 is 0.893 bits per heavy atom. The van der Waals surface area contributed by atoms with Crippen molar-refractivity contribution in [2.24, 2.45) is 5.73 Å². The second-order valence-corrected chi connectivity index (χ2v) is 6.13. The molecule has 0 radical (unpaired) electrons. The van der Waals surface area contributed by atoms with Crippen LogP contribution in [0.5, 0.6) is 0 Å². The molecule has 3 rings (SSSR count). The predicted molar refractivity (Wildman–Crippen MR) is 107 cm³/mol. The standard InChI is InChI=1S/C21H19N3O4/c1-13(28-20(26)15-9-11-16(12-10-15)23-21(22)27)19(25)24-18-8-4-6-14-5-2-3-7-17(14)18/h2-13H,1H3,(H,24,25)(H3,22,23,27). The number of anilines is 2. The lowest BCUT2D eigenvalue weighted by molar-refractivity contribution is -0.123. The first-order valence-corrected chi connectivity index (χ1v) is 8.60. The fourth-order valence-electron chi connectivity index (χ4n) is 2.68. The van der Waals surface area contributed by atoms with Crippen molar-refractivity contribution in [2.45, 2.75) is 13.0 Å². The molecule has 0 bridgehead atoms. The zero-order chi connectivity index (χ0) is 20.1. The Labute approximate surface area is 161 Å². The summed E-state index contributed by atoms with van der Waals surface area (Å²) in [6, 6.07) is 18.5. The maximum Gasteiger partial charge on any atom is 0.338 e. The van der Waals surface area contributed by atoms with Gasteiger partial charge >= 0.3 is 12.0 Å². The maximum atomic E-state index is 12.4. The number of rotatable bonds is 5. The van der Waals surface area contributed by atoms with Crippen LogP contribution < -0.4 is 16.4 Å². The molecule has 3 amide bonds. The van der Waals surface area contributed by atoms with Crippen molar-refractivity contribution in [2.75, 3.05) is 10.6 Å². The number of carbonyl (C=O) groups is 3. The molecule has 7 nitrogen and oxygen atoms in total. The van der Waals surface area contributed by atoms with E-state index in [1.54, 1.807) is 6.07 Å². The zero-order valence-corrected chi connectivity index (χ0v) is 15.1. The predicted octanol–water partition coefficient (Wildman–Crippen LogP) is 3.51. The number of nitrogens with one attached hydrogen (secondary N) is 2. The van der Waals surface area contributed by atoms with Gasteiger partial charge in [0.05, 0.1) is 5.56 Å². The van der Waals surface area contributed by atoms with Crippen LogP contribution in [0.4, 0.5) is 16.2 Å². The average molecular weight is 377 g/mol. The van der Waals surface area contributed by atoms with Crippen molar-refractivity contribution in [1.82, 2.24) is 0 Å². The number of amides is 3. The topological polar surface area (TPSA) is 111 Å². The van der Waals surface area contributed by atoms with E-state index in [0.717, 1.165) is 10.8 Å². The van der Waals surface area contributed by atoms with Gasteiger partial charge in [-0.2, -0.15) is 0 Å². The number of benzene rings is 3. The number of nitrogens with two attached hydrogens (primary N) is 1. The van der Waals surface area contributed by atoms with Crippen LogP contribution in [0.15, 0.2) is 66.7 Å². The molecule has 0 heterocycles. The molecule has 0 fully saturated rings. The van der Waals surface area contributed by atoms with E-state index in [1.807, 2.05) is 36.4 Å². The van der Waals surface area contributed by atoms with E-state index in [-0.39, 0.29) is 5.56 Å². The molecule has 28 heavy (non-hydrogen) atoms. The van der Waals surface area contributed by atoms with E-state index < -0.39 is 24.0 Å². The third-order valence-electron chi connectivity index (χ3n) is 4.09. The highest BCUT2D eigenvalue weighted by atomic mass is 16.5. The Balaban J connectivity index is 1.65. The normalized spacial score (nSPS) is 11.5. The van der Waals surface area contributed by atoms with Gasteiger partial charge in [0.1, 0.15) is 0 Å². The van der Waals surface area contributed by atoms with Crippen molar-refractivity contribution < 1.29 is 19.1 Å². The van der Waals surface area contributed by atoms with Crippen LogP contribution in [0.2, 0.25) is 0 Å². The average Bonchev–Trinajstić information content (AvgIpc) is 2.68. The monoisotopic (exact) mass is 377 g/mol. The molecule has 0 aliphatic rings. The van der Waals surface area contributed by atoms with Gasteiger partial charge in [-0.15, -0.1) is 0 Å². The number of urea groups is 1. The summed E-state index contributed by atoms with van der Waals surface area (Å²) in [5, 5.41) is 7.08. The molecule has 0 spiro atoms. The van der Waals surface area contributed by atoms with Crippen molar-refractivity contribution in [1.29, 1.82) is 0 Å². The molecule has 7 heteroatoms. The molecule has 1 atom stereocenters. The summed E-state index contributed by atoms with van der Waals surface area (Å²) in [4.78, 5) is 35.5. The van der Waals surface area contributed by atoms with Crippen molar-refractivity contribution in [3.8, 4) is 0 Å². The molecule has 0 aliphatic carbocycles. The number of hydrogen-bond donors (Lipinski definition) is 3. The minimum Gasteiger partial charge on any atom is -0.449 e. The van der Waals surface area contributed by atoms with E-state index >= 15 is 0 Å². The Hall–Kier alpha value is -3.87. The summed E-state index contributed by atoms with van der Waals surface area (Å²) in [6.07, 6.45) is -0.991. The van der Waals surface area contributed by atoms with Gasteiger partial charge < -0.3 is 21.1 Å². The smallest absolute Gasteiger partial charge is 0.338 e. The third-order valence-corrected chi connectivity index (χ3v) is 4.09. The second kappa shape index (κ2) is 8.22. The van der Waals surface area contributed by atoms with E-state index in [9.17, 15) is 14.4 Å². The van der Waals surface area contributed by atoms with Crippen LogP contribution in [-0.4, -0.2) is 24.0 Å². The third kappa shape index (κ3) is 4.45. The second-order valence-electron chi connectivity index (χ2n) is 6.13.